The summed E-state index contributed by atoms with van der Waals surface area (Å²) in [6, 6.07) is 118. The van der Waals surface area contributed by atoms with Crippen molar-refractivity contribution in [1.29, 1.82) is 0 Å². The lowest BCUT2D eigenvalue weighted by Crippen LogP contribution is -2.05. The second-order valence-corrected chi connectivity index (χ2v) is 29.5. The Morgan fingerprint density at radius 2 is 0.379 bits per heavy atom. The Balaban J connectivity index is 1.07. The molecule has 0 saturated carbocycles. The zero-order chi connectivity index (χ0) is 58.4. The molecule has 0 aliphatic rings. The molecule has 0 radical (unpaired) electrons. The highest BCUT2D eigenvalue weighted by Crippen LogP contribution is 2.75. The largest absolute Gasteiger partial charge is 0.309 e. The van der Waals surface area contributed by atoms with Gasteiger partial charge in [-0.25, -0.2) is 0 Å². The van der Waals surface area contributed by atoms with Gasteiger partial charge in [-0.1, -0.05) is 156 Å². The summed E-state index contributed by atoms with van der Waals surface area (Å²) in [5, 5.41) is 7.41. The molecule has 3 heterocycles. The molecule has 0 amide bonds. The fraction of sp³-hybridized carbons (Fsp3) is 0.0488. The Bertz CT molecular complexity index is 4660. The van der Waals surface area contributed by atoms with Gasteiger partial charge in [-0.3, -0.25) is 0 Å². The predicted molar refractivity (Wildman–Crippen MR) is 368 cm³/mol. The summed E-state index contributed by atoms with van der Waals surface area (Å²) in [6.45, 7) is 8.83. The van der Waals surface area contributed by atoms with E-state index in [4.69, 9.17) is 0 Å². The third-order valence-corrected chi connectivity index (χ3v) is 25.6. The summed E-state index contributed by atoms with van der Waals surface area (Å²) >= 11 is 0. The minimum atomic E-state index is -2.07. The van der Waals surface area contributed by atoms with Crippen molar-refractivity contribution < 1.29 is 0 Å². The molecule has 0 aliphatic heterocycles. The van der Waals surface area contributed by atoms with Crippen LogP contribution in [-0.2, 0) is 0 Å². The number of benzene rings is 13. The van der Waals surface area contributed by atoms with Crippen LogP contribution in [0.3, 0.4) is 0 Å². The molecule has 0 bridgehead atoms. The van der Waals surface area contributed by atoms with E-state index < -0.39 is 20.1 Å². The zero-order valence-electron chi connectivity index (χ0n) is 49.1. The van der Waals surface area contributed by atoms with Crippen molar-refractivity contribution in [2.45, 2.75) is 66.9 Å². The summed E-state index contributed by atoms with van der Waals surface area (Å²) < 4.78 is 7.60. The first kappa shape index (κ1) is 52.5. The molecule has 87 heavy (non-hydrogen) atoms. The topological polar surface area (TPSA) is 14.8 Å². The van der Waals surface area contributed by atoms with Crippen molar-refractivity contribution in [1.82, 2.24) is 13.7 Å². The first-order valence-corrected chi connectivity index (χ1v) is 33.3. The highest BCUT2D eigenvalue weighted by atomic mass is 32.3. The Morgan fingerprint density at radius 3 is 0.598 bits per heavy atom. The van der Waals surface area contributed by atoms with Gasteiger partial charge in [0.2, 0.25) is 0 Å². The number of aromatic nitrogens is 3. The summed E-state index contributed by atoms with van der Waals surface area (Å²) in [4.78, 5) is 10.3. The Morgan fingerprint density at radius 1 is 0.184 bits per heavy atom. The summed E-state index contributed by atoms with van der Waals surface area (Å²) in [6.07, 6.45) is 0. The molecule has 0 unspecified atom stereocenters. The van der Waals surface area contributed by atoms with Crippen LogP contribution >= 0.6 is 20.1 Å². The van der Waals surface area contributed by atoms with E-state index in [-0.39, 0.29) is 0 Å². The van der Waals surface area contributed by atoms with Crippen molar-refractivity contribution in [3.63, 3.8) is 0 Å². The van der Waals surface area contributed by atoms with Gasteiger partial charge in [0.1, 0.15) is 0 Å². The molecule has 16 rings (SSSR count). The quantitative estimate of drug-likeness (QED) is 0.123. The van der Waals surface area contributed by atoms with Gasteiger partial charge in [0.25, 0.3) is 0 Å². The minimum Gasteiger partial charge on any atom is -0.309 e. The van der Waals surface area contributed by atoms with Crippen molar-refractivity contribution in [2.24, 2.45) is 0 Å². The summed E-state index contributed by atoms with van der Waals surface area (Å²) in [7, 11) is -4.15. The van der Waals surface area contributed by atoms with E-state index in [9.17, 15) is 0 Å². The van der Waals surface area contributed by atoms with Crippen molar-refractivity contribution in [2.75, 3.05) is 0 Å². The fourth-order valence-corrected chi connectivity index (χ4v) is 21.8. The van der Waals surface area contributed by atoms with E-state index in [2.05, 4.69) is 351 Å². The average molecular weight is 1150 g/mol. The molecule has 0 atom stereocenters. The van der Waals surface area contributed by atoms with E-state index in [0.717, 1.165) is 28.1 Å². The molecular weight excluding hydrogens is 1090 g/mol. The standard InChI is InChI=1S/C82H63N3S2/c1-56-35-41-77-71(47-56)72-48-57(2)36-42-78(72)83(77)60-51-61(84-79-43-37-58(3)49-73(79)74-50-59(4)38-44-80(74)84)53-62(52-60)85-81-45-39-69(86(63-23-11-5-12-24-63,64-25-13-6-14-26-64)65-27-15-7-16-28-65)54-75(81)76-55-70(40-46-82(76)85)87(66-29-17-8-18-30-66,67-31-19-9-20-32-67)68-33-21-10-22-34-68/h5-55H,1-4H3. The number of aryl methyl sites for hydroxylation is 4. The highest BCUT2D eigenvalue weighted by molar-refractivity contribution is 8.34. The minimum absolute atomic E-state index is 1.08. The average Bonchev–Trinajstić information content (AvgIpc) is 1.80. The predicted octanol–water partition coefficient (Wildman–Crippen LogP) is 22.9. The zero-order valence-corrected chi connectivity index (χ0v) is 50.7. The molecule has 0 fully saturated rings. The second-order valence-electron chi connectivity index (χ2n) is 23.3. The van der Waals surface area contributed by atoms with Gasteiger partial charge >= 0.3 is 0 Å². The van der Waals surface area contributed by atoms with E-state index in [1.54, 1.807) is 0 Å². The maximum absolute atomic E-state index is 2.57. The van der Waals surface area contributed by atoms with Crippen LogP contribution in [0.2, 0.25) is 0 Å². The number of hydrogen-bond donors (Lipinski definition) is 0. The molecule has 3 nitrogen and oxygen atoms in total. The number of hydrogen-bond acceptors (Lipinski definition) is 0. The SMILES string of the molecule is Cc1ccc2c(c1)c1cc(C)ccc1n2-c1cc(-n2c3ccc(C)cc3c3cc(C)ccc32)cc(-n2c3ccc(S(c4ccccc4)(c4ccccc4)c4ccccc4)cc3c3cc(S(c4ccccc4)(c4ccccc4)c4ccccc4)ccc32)c1. The third kappa shape index (κ3) is 8.28. The Kier molecular flexibility index (Phi) is 12.6. The normalized spacial score (nSPS) is 12.5. The first-order valence-electron chi connectivity index (χ1n) is 30.0. The number of nitrogens with zero attached hydrogens (tertiary/aromatic N) is 3. The molecule has 16 aromatic rings. The number of rotatable bonds is 11. The third-order valence-electron chi connectivity index (χ3n) is 17.8. The van der Waals surface area contributed by atoms with Gasteiger partial charge < -0.3 is 13.7 Å². The van der Waals surface area contributed by atoms with Gasteiger partial charge in [0.15, 0.2) is 0 Å². The van der Waals surface area contributed by atoms with Crippen molar-refractivity contribution in [3.8, 4) is 17.1 Å². The molecule has 3 aromatic heterocycles. The highest BCUT2D eigenvalue weighted by Gasteiger charge is 2.36. The van der Waals surface area contributed by atoms with Crippen LogP contribution in [-0.4, -0.2) is 13.7 Å². The van der Waals surface area contributed by atoms with Gasteiger partial charge in [0.05, 0.1) is 50.2 Å². The monoisotopic (exact) mass is 1150 g/mol. The van der Waals surface area contributed by atoms with Crippen LogP contribution in [0.5, 0.6) is 0 Å². The molecule has 5 heteroatoms. The van der Waals surface area contributed by atoms with E-state index in [0.29, 0.717) is 0 Å². The van der Waals surface area contributed by atoms with E-state index in [1.165, 1.54) is 116 Å². The van der Waals surface area contributed by atoms with E-state index >= 15 is 0 Å². The Labute approximate surface area is 511 Å². The smallest absolute Gasteiger partial charge is 0.0541 e. The molecule has 0 N–H and O–H groups in total. The van der Waals surface area contributed by atoms with Crippen molar-refractivity contribution in [3.05, 3.63) is 332 Å². The van der Waals surface area contributed by atoms with Crippen LogP contribution in [0.15, 0.2) is 349 Å². The van der Waals surface area contributed by atoms with Crippen LogP contribution < -0.4 is 0 Å². The molecule has 13 aromatic carbocycles. The van der Waals surface area contributed by atoms with Gasteiger partial charge in [-0.15, -0.1) is 20.1 Å². The van der Waals surface area contributed by atoms with Gasteiger partial charge in [-0.05, 0) is 204 Å². The Hall–Kier alpha value is -10.0. The van der Waals surface area contributed by atoms with Crippen LogP contribution in [0.25, 0.3) is 82.5 Å². The van der Waals surface area contributed by atoms with Crippen LogP contribution in [0.4, 0.5) is 0 Å². The lowest BCUT2D eigenvalue weighted by atomic mass is 10.1. The maximum Gasteiger partial charge on any atom is 0.0541 e. The van der Waals surface area contributed by atoms with Crippen LogP contribution in [0, 0.1) is 27.7 Å². The van der Waals surface area contributed by atoms with E-state index in [1.807, 2.05) is 0 Å². The van der Waals surface area contributed by atoms with Gasteiger partial charge in [0, 0.05) is 71.5 Å². The van der Waals surface area contributed by atoms with Crippen molar-refractivity contribution >= 4 is 85.5 Å². The summed E-state index contributed by atoms with van der Waals surface area (Å²) in [5.74, 6) is 0. The lowest BCUT2D eigenvalue weighted by molar-refractivity contribution is 1.09. The molecule has 0 aliphatic carbocycles. The first-order chi connectivity index (χ1) is 42.8. The molecular formula is C82H63N3S2. The molecule has 0 spiro atoms. The fourth-order valence-electron chi connectivity index (χ4n) is 14.0. The number of fused-ring (bicyclic) bond motifs is 9. The van der Waals surface area contributed by atoms with Crippen LogP contribution in [0.1, 0.15) is 22.3 Å². The van der Waals surface area contributed by atoms with Gasteiger partial charge in [-0.2, -0.15) is 0 Å². The maximum atomic E-state index is 2.57. The lowest BCUT2D eigenvalue weighted by Gasteiger charge is -2.42. The summed E-state index contributed by atoms with van der Waals surface area (Å²) in [5.41, 5.74) is 15.2. The molecule has 418 valence electrons. The molecule has 0 saturated heterocycles. The second kappa shape index (κ2) is 20.9.